The standard InChI is InChI=1S/C37H28ClN3O6S/c38-26-14-7-9-23(19-26)20-31(41-34(43)25-12-5-2-6-13-25)35(44)39-27-15-8-16-29(21-27)48-33(24-10-3-1-4-11-24)36(45)40-28-17-18-32(42)30(22-28)37(46)47/h1-22,33,42H,(H,39,44)(H,40,45)(H,41,43)(H,46,47)/b31-20-. The summed E-state index contributed by atoms with van der Waals surface area (Å²) in [5.41, 5.74) is 1.91. The van der Waals surface area contributed by atoms with Gasteiger partial charge in [-0.25, -0.2) is 4.79 Å². The fourth-order valence-corrected chi connectivity index (χ4v) is 5.86. The second kappa shape index (κ2) is 15.6. The van der Waals surface area contributed by atoms with Gasteiger partial charge < -0.3 is 26.2 Å². The lowest BCUT2D eigenvalue weighted by molar-refractivity contribution is -0.116. The van der Waals surface area contributed by atoms with Crippen LogP contribution in [0.3, 0.4) is 0 Å². The van der Waals surface area contributed by atoms with E-state index in [0.717, 1.165) is 0 Å². The maximum absolute atomic E-state index is 13.6. The van der Waals surface area contributed by atoms with Gasteiger partial charge in [-0.05, 0) is 77.9 Å². The predicted molar refractivity (Wildman–Crippen MR) is 187 cm³/mol. The second-order valence-electron chi connectivity index (χ2n) is 10.4. The van der Waals surface area contributed by atoms with Crippen molar-refractivity contribution < 1.29 is 29.4 Å². The number of amides is 3. The van der Waals surface area contributed by atoms with Gasteiger partial charge in [-0.2, -0.15) is 0 Å². The molecular weight excluding hydrogens is 650 g/mol. The minimum absolute atomic E-state index is 0.0136. The Labute approximate surface area is 285 Å². The summed E-state index contributed by atoms with van der Waals surface area (Å²) in [6, 6.07) is 35.0. The molecule has 0 spiro atoms. The molecular formula is C37H28ClN3O6S. The molecule has 0 saturated heterocycles. The van der Waals surface area contributed by atoms with E-state index in [4.69, 9.17) is 11.6 Å². The first-order valence-electron chi connectivity index (χ1n) is 14.5. The van der Waals surface area contributed by atoms with E-state index in [-0.39, 0.29) is 16.9 Å². The molecule has 5 N–H and O–H groups in total. The SMILES string of the molecule is O=C(Nc1cccc(SC(C(=O)Nc2ccc(O)c(C(=O)O)c2)c2ccccc2)c1)/C(=C/c1cccc(Cl)c1)NC(=O)c1ccccc1. The number of halogens is 1. The molecule has 3 amide bonds. The average molecular weight is 678 g/mol. The summed E-state index contributed by atoms with van der Waals surface area (Å²) < 4.78 is 0. The minimum Gasteiger partial charge on any atom is -0.507 e. The molecule has 0 heterocycles. The zero-order valence-corrected chi connectivity index (χ0v) is 26.7. The highest BCUT2D eigenvalue weighted by Gasteiger charge is 2.24. The number of aromatic hydroxyl groups is 1. The Morgan fingerprint density at radius 2 is 1.42 bits per heavy atom. The summed E-state index contributed by atoms with van der Waals surface area (Å²) in [5, 5.41) is 27.2. The largest absolute Gasteiger partial charge is 0.507 e. The third-order valence-corrected chi connectivity index (χ3v) is 8.35. The van der Waals surface area contributed by atoms with Crippen LogP contribution < -0.4 is 16.0 Å². The lowest BCUT2D eigenvalue weighted by Crippen LogP contribution is -2.30. The number of phenols is 1. The molecule has 5 aromatic rings. The van der Waals surface area contributed by atoms with Crippen molar-refractivity contribution >= 4 is 64.5 Å². The summed E-state index contributed by atoms with van der Waals surface area (Å²) in [6.45, 7) is 0. The van der Waals surface area contributed by atoms with Gasteiger partial charge in [-0.1, -0.05) is 78.3 Å². The highest BCUT2D eigenvalue weighted by atomic mass is 35.5. The Hall–Kier alpha value is -5.84. The number of anilines is 2. The average Bonchev–Trinajstić information content (AvgIpc) is 3.08. The summed E-state index contributed by atoms with van der Waals surface area (Å²) in [6.07, 6.45) is 1.52. The minimum atomic E-state index is -1.33. The van der Waals surface area contributed by atoms with Crippen LogP contribution in [0.4, 0.5) is 11.4 Å². The van der Waals surface area contributed by atoms with Gasteiger partial charge in [0.15, 0.2) is 0 Å². The first-order chi connectivity index (χ1) is 23.2. The van der Waals surface area contributed by atoms with Crippen molar-refractivity contribution in [1.82, 2.24) is 5.32 Å². The second-order valence-corrected chi connectivity index (χ2v) is 12.0. The van der Waals surface area contributed by atoms with Crippen molar-refractivity contribution in [3.05, 3.63) is 160 Å². The van der Waals surface area contributed by atoms with Crippen LogP contribution in [0.25, 0.3) is 6.08 Å². The normalized spacial score (nSPS) is 11.6. The Kier molecular flexibility index (Phi) is 10.9. The summed E-state index contributed by atoms with van der Waals surface area (Å²) >= 11 is 7.37. The number of carboxylic acid groups (broad SMARTS) is 1. The van der Waals surface area contributed by atoms with Gasteiger partial charge >= 0.3 is 5.97 Å². The summed E-state index contributed by atoms with van der Waals surface area (Å²) in [7, 11) is 0. The van der Waals surface area contributed by atoms with E-state index in [0.29, 0.717) is 32.3 Å². The van der Waals surface area contributed by atoms with E-state index in [2.05, 4.69) is 16.0 Å². The van der Waals surface area contributed by atoms with E-state index in [1.807, 2.05) is 6.07 Å². The van der Waals surface area contributed by atoms with Crippen LogP contribution in [-0.2, 0) is 9.59 Å². The van der Waals surface area contributed by atoms with Gasteiger partial charge in [0.25, 0.3) is 11.8 Å². The number of carbonyl (C=O) groups is 4. The van der Waals surface area contributed by atoms with Crippen LogP contribution in [0.2, 0.25) is 5.02 Å². The van der Waals surface area contributed by atoms with Crippen LogP contribution in [0.5, 0.6) is 5.75 Å². The van der Waals surface area contributed by atoms with Crippen molar-refractivity contribution in [2.24, 2.45) is 0 Å². The van der Waals surface area contributed by atoms with Crippen LogP contribution >= 0.6 is 23.4 Å². The maximum atomic E-state index is 13.6. The lowest BCUT2D eigenvalue weighted by Gasteiger charge is -2.18. The van der Waals surface area contributed by atoms with E-state index in [1.54, 1.807) is 103 Å². The Bertz CT molecular complexity index is 2000. The predicted octanol–water partition coefficient (Wildman–Crippen LogP) is 7.63. The number of aromatic carboxylic acids is 1. The van der Waals surface area contributed by atoms with Gasteiger partial charge in [-0.15, -0.1) is 11.8 Å². The third-order valence-electron chi connectivity index (χ3n) is 6.87. The molecule has 0 aromatic heterocycles. The molecule has 0 bridgehead atoms. The van der Waals surface area contributed by atoms with Crippen molar-refractivity contribution in [2.45, 2.75) is 10.1 Å². The topological polar surface area (TPSA) is 145 Å². The van der Waals surface area contributed by atoms with E-state index in [9.17, 15) is 29.4 Å². The van der Waals surface area contributed by atoms with Crippen molar-refractivity contribution in [2.75, 3.05) is 10.6 Å². The van der Waals surface area contributed by atoms with Crippen LogP contribution in [0.1, 0.15) is 37.1 Å². The number of thioether (sulfide) groups is 1. The molecule has 48 heavy (non-hydrogen) atoms. The molecule has 0 aliphatic rings. The van der Waals surface area contributed by atoms with Gasteiger partial charge in [0, 0.05) is 26.9 Å². The zero-order chi connectivity index (χ0) is 34.0. The maximum Gasteiger partial charge on any atom is 0.339 e. The number of carboxylic acids is 1. The molecule has 0 aliphatic carbocycles. The highest BCUT2D eigenvalue weighted by molar-refractivity contribution is 8.00. The number of nitrogens with one attached hydrogen (secondary N) is 3. The van der Waals surface area contributed by atoms with Gasteiger partial charge in [0.1, 0.15) is 22.3 Å². The number of rotatable bonds is 11. The number of hydrogen-bond donors (Lipinski definition) is 5. The molecule has 0 fully saturated rings. The summed E-state index contributed by atoms with van der Waals surface area (Å²) in [4.78, 5) is 52.3. The fraction of sp³-hybridized carbons (Fsp3) is 0.0270. The third kappa shape index (κ3) is 8.91. The fourth-order valence-electron chi connectivity index (χ4n) is 4.58. The molecule has 9 nitrogen and oxygen atoms in total. The van der Waals surface area contributed by atoms with Gasteiger partial charge in [-0.3, -0.25) is 14.4 Å². The van der Waals surface area contributed by atoms with Gasteiger partial charge in [0.05, 0.1) is 0 Å². The van der Waals surface area contributed by atoms with Crippen molar-refractivity contribution in [1.29, 1.82) is 0 Å². The highest BCUT2D eigenvalue weighted by Crippen LogP contribution is 2.37. The van der Waals surface area contributed by atoms with E-state index >= 15 is 0 Å². The number of hydrogen-bond acceptors (Lipinski definition) is 6. The van der Waals surface area contributed by atoms with Crippen LogP contribution in [-0.4, -0.2) is 33.9 Å². The first kappa shape index (κ1) is 33.5. The molecule has 5 aromatic carbocycles. The Balaban J connectivity index is 1.38. The Morgan fingerprint density at radius 1 is 0.729 bits per heavy atom. The number of carbonyl (C=O) groups excluding carboxylic acids is 3. The monoisotopic (exact) mass is 677 g/mol. The Morgan fingerprint density at radius 3 is 2.12 bits per heavy atom. The molecule has 0 aliphatic heterocycles. The summed E-state index contributed by atoms with van der Waals surface area (Å²) in [5.74, 6) is -3.23. The van der Waals surface area contributed by atoms with Gasteiger partial charge in [0.2, 0.25) is 5.91 Å². The molecule has 5 rings (SSSR count). The van der Waals surface area contributed by atoms with Crippen molar-refractivity contribution in [3.8, 4) is 5.75 Å². The zero-order valence-electron chi connectivity index (χ0n) is 25.1. The number of benzene rings is 5. The molecule has 240 valence electrons. The van der Waals surface area contributed by atoms with Crippen molar-refractivity contribution in [3.63, 3.8) is 0 Å². The smallest absolute Gasteiger partial charge is 0.339 e. The van der Waals surface area contributed by atoms with E-state index in [1.165, 1.54) is 36.0 Å². The molecule has 0 radical (unpaired) electrons. The quantitative estimate of drug-likeness (QED) is 0.0549. The first-order valence-corrected chi connectivity index (χ1v) is 15.8. The molecule has 1 unspecified atom stereocenters. The van der Waals surface area contributed by atoms with E-state index < -0.39 is 34.7 Å². The molecule has 0 saturated carbocycles. The molecule has 11 heteroatoms. The van der Waals surface area contributed by atoms with Crippen LogP contribution in [0, 0.1) is 0 Å². The lowest BCUT2D eigenvalue weighted by atomic mass is 10.1. The molecule has 1 atom stereocenters. The van der Waals surface area contributed by atoms with Crippen LogP contribution in [0.15, 0.2) is 138 Å².